The zero-order valence-electron chi connectivity index (χ0n) is 30.2. The van der Waals surface area contributed by atoms with Gasteiger partial charge in [0.2, 0.25) is 15.8 Å². The Labute approximate surface area is 306 Å². The Bertz CT molecular complexity index is 2140. The first-order valence-corrected chi connectivity index (χ1v) is 18.7. The highest BCUT2D eigenvalue weighted by molar-refractivity contribution is 7.89. The molecule has 0 saturated carbocycles. The first-order valence-electron chi connectivity index (χ1n) is 17.3. The number of methoxy groups -OCH3 is 1. The number of imidazole rings is 1. The van der Waals surface area contributed by atoms with Crippen LogP contribution in [0.3, 0.4) is 0 Å². The number of benzene rings is 2. The van der Waals surface area contributed by atoms with Gasteiger partial charge in [-0.1, -0.05) is 6.92 Å². The van der Waals surface area contributed by atoms with Crippen LogP contribution in [0.5, 0.6) is 5.75 Å². The van der Waals surface area contributed by atoms with Crippen LogP contribution in [0.1, 0.15) is 46.1 Å². The van der Waals surface area contributed by atoms with Gasteiger partial charge in [-0.2, -0.15) is 8.70 Å². The van der Waals surface area contributed by atoms with E-state index in [0.29, 0.717) is 34.8 Å². The number of rotatable bonds is 8. The minimum atomic E-state index is -3.95. The van der Waals surface area contributed by atoms with Crippen molar-refractivity contribution in [3.63, 3.8) is 0 Å². The number of carbonyl (C=O) groups excluding carboxylic acids is 2. The Hall–Kier alpha value is -4.87. The van der Waals surface area contributed by atoms with Crippen LogP contribution in [0.25, 0.3) is 16.9 Å². The van der Waals surface area contributed by atoms with Crippen molar-refractivity contribution in [2.24, 2.45) is 0 Å². The van der Waals surface area contributed by atoms with Gasteiger partial charge in [0.25, 0.3) is 5.91 Å². The summed E-state index contributed by atoms with van der Waals surface area (Å²) in [4.78, 5) is 37.7. The highest BCUT2D eigenvalue weighted by Gasteiger charge is 2.44. The van der Waals surface area contributed by atoms with E-state index in [2.05, 4.69) is 15.3 Å². The number of likely N-dealkylation sites (tertiary alicyclic amines) is 1. The number of aryl methyl sites for hydroxylation is 1. The number of amides is 2. The van der Waals surface area contributed by atoms with Gasteiger partial charge in [-0.3, -0.25) is 9.20 Å². The SMILES string of the molecule is CCc1cc(Nc2nccn3c(-c4ccc(OC)c(F)c4F)cnc23)ccc1S(=O)(=O)N1CCN(C(=O)C2(O)CCN(C(=O)OC(C)(C)C)CC2)CC1. The van der Waals surface area contributed by atoms with E-state index in [1.165, 1.54) is 51.8 Å². The number of nitrogens with zero attached hydrogens (tertiary/aromatic N) is 6. The molecule has 0 bridgehead atoms. The molecule has 4 aromatic rings. The van der Waals surface area contributed by atoms with Gasteiger partial charge >= 0.3 is 6.09 Å². The molecule has 2 aromatic heterocycles. The summed E-state index contributed by atoms with van der Waals surface area (Å²) in [7, 11) is -2.70. The fourth-order valence-electron chi connectivity index (χ4n) is 6.58. The monoisotopic (exact) mass is 755 g/mol. The number of carbonyl (C=O) groups is 2. The summed E-state index contributed by atoms with van der Waals surface area (Å²) in [6, 6.07) is 7.57. The van der Waals surface area contributed by atoms with Crippen molar-refractivity contribution in [2.75, 3.05) is 51.7 Å². The molecule has 0 aliphatic carbocycles. The van der Waals surface area contributed by atoms with Gasteiger partial charge in [0.1, 0.15) is 11.2 Å². The molecule has 2 N–H and O–H groups in total. The predicted octanol–water partition coefficient (Wildman–Crippen LogP) is 4.58. The maximum atomic E-state index is 14.9. The van der Waals surface area contributed by atoms with Gasteiger partial charge < -0.3 is 29.7 Å². The average Bonchev–Trinajstić information content (AvgIpc) is 3.57. The van der Waals surface area contributed by atoms with Crippen LogP contribution in [0.2, 0.25) is 0 Å². The second kappa shape index (κ2) is 14.5. The Balaban J connectivity index is 1.12. The van der Waals surface area contributed by atoms with Crippen LogP contribution in [-0.4, -0.2) is 112 Å². The van der Waals surface area contributed by atoms with Crippen LogP contribution >= 0.6 is 0 Å². The maximum Gasteiger partial charge on any atom is 0.410 e. The molecule has 6 rings (SSSR count). The van der Waals surface area contributed by atoms with Gasteiger partial charge in [-0.25, -0.2) is 27.6 Å². The number of fused-ring (bicyclic) bond motifs is 1. The quantitative estimate of drug-likeness (QED) is 0.261. The van der Waals surface area contributed by atoms with Gasteiger partial charge in [-0.05, 0) is 63.1 Å². The Kier molecular flexibility index (Phi) is 10.4. The molecule has 4 heterocycles. The lowest BCUT2D eigenvalue weighted by Gasteiger charge is -2.42. The van der Waals surface area contributed by atoms with E-state index in [-0.39, 0.29) is 68.3 Å². The van der Waals surface area contributed by atoms with E-state index in [4.69, 9.17) is 9.47 Å². The molecule has 2 amide bonds. The van der Waals surface area contributed by atoms with Crippen LogP contribution in [0.4, 0.5) is 25.1 Å². The molecular formula is C36H43F2N7O7S. The minimum Gasteiger partial charge on any atom is -0.494 e. The number of piperazine rings is 1. The van der Waals surface area contributed by atoms with Gasteiger partial charge in [0.05, 0.1) is 23.9 Å². The molecule has 0 spiro atoms. The zero-order chi connectivity index (χ0) is 38.3. The summed E-state index contributed by atoms with van der Waals surface area (Å²) >= 11 is 0. The first-order chi connectivity index (χ1) is 25.1. The minimum absolute atomic E-state index is 0.0162. The zero-order valence-corrected chi connectivity index (χ0v) is 31.0. The number of sulfonamides is 1. The van der Waals surface area contributed by atoms with Crippen LogP contribution in [0.15, 0.2) is 53.8 Å². The first kappa shape index (κ1) is 37.9. The second-order valence-corrected chi connectivity index (χ2v) is 16.0. The number of aliphatic hydroxyl groups is 1. The van der Waals surface area contributed by atoms with Crippen molar-refractivity contribution in [1.82, 2.24) is 28.5 Å². The largest absolute Gasteiger partial charge is 0.494 e. The number of hydrogen-bond donors (Lipinski definition) is 2. The third kappa shape index (κ3) is 7.50. The maximum absolute atomic E-state index is 14.9. The van der Waals surface area contributed by atoms with Crippen LogP contribution < -0.4 is 10.1 Å². The highest BCUT2D eigenvalue weighted by Crippen LogP contribution is 2.33. The molecule has 2 saturated heterocycles. The molecule has 2 aliphatic rings. The van der Waals surface area contributed by atoms with Gasteiger partial charge in [0, 0.05) is 75.8 Å². The molecular weight excluding hydrogens is 713 g/mol. The Morgan fingerprint density at radius 3 is 2.32 bits per heavy atom. The topological polar surface area (TPSA) is 159 Å². The number of piperidine rings is 1. The van der Waals surface area contributed by atoms with E-state index in [0.717, 1.165) is 0 Å². The van der Waals surface area contributed by atoms with E-state index in [1.54, 1.807) is 43.5 Å². The molecule has 53 heavy (non-hydrogen) atoms. The molecule has 2 aliphatic heterocycles. The summed E-state index contributed by atoms with van der Waals surface area (Å²) in [6.45, 7) is 7.76. The molecule has 0 unspecified atom stereocenters. The van der Waals surface area contributed by atoms with E-state index in [9.17, 15) is 31.9 Å². The number of hydrogen-bond acceptors (Lipinski definition) is 10. The predicted molar refractivity (Wildman–Crippen MR) is 191 cm³/mol. The lowest BCUT2D eigenvalue weighted by molar-refractivity contribution is -0.157. The normalized spacial score (nSPS) is 16.8. The Morgan fingerprint density at radius 2 is 1.68 bits per heavy atom. The van der Waals surface area contributed by atoms with E-state index >= 15 is 0 Å². The molecule has 17 heteroatoms. The highest BCUT2D eigenvalue weighted by atomic mass is 32.2. The number of halogens is 2. The van der Waals surface area contributed by atoms with Crippen molar-refractivity contribution < 1.29 is 41.4 Å². The molecule has 284 valence electrons. The van der Waals surface area contributed by atoms with E-state index in [1.807, 2.05) is 6.92 Å². The molecule has 0 radical (unpaired) electrons. The number of nitrogens with one attached hydrogen (secondary N) is 1. The van der Waals surface area contributed by atoms with Crippen molar-refractivity contribution >= 4 is 39.2 Å². The standard InChI is InChI=1S/C36H43F2N7O7S/c1-6-23-21-24(41-31-32-40-22-26(45(32)16-13-39-31)25-8-9-27(51-5)30(38)29(25)37)7-10-28(23)53(49,50)44-19-17-42(18-20-44)33(46)36(48)11-14-43(15-12-36)34(47)52-35(2,3)4/h7-10,13,16,21-22,48H,6,11-12,14-15,17-20H2,1-5H3,(H,39,41). The number of aromatic nitrogens is 3. The fraction of sp³-hybridized carbons (Fsp3) is 0.444. The van der Waals surface area contributed by atoms with Crippen LogP contribution in [0, 0.1) is 11.6 Å². The van der Waals surface area contributed by atoms with Gasteiger partial charge in [-0.15, -0.1) is 0 Å². The second-order valence-electron chi connectivity index (χ2n) is 14.1. The van der Waals surface area contributed by atoms with Crippen molar-refractivity contribution in [2.45, 2.75) is 63.1 Å². The number of ether oxygens (including phenoxy) is 2. The smallest absolute Gasteiger partial charge is 0.410 e. The summed E-state index contributed by atoms with van der Waals surface area (Å²) in [6.07, 6.45) is 4.46. The van der Waals surface area contributed by atoms with Gasteiger partial charge in [0.15, 0.2) is 23.0 Å². The Morgan fingerprint density at radius 1 is 0.981 bits per heavy atom. The molecule has 2 aromatic carbocycles. The van der Waals surface area contributed by atoms with Crippen molar-refractivity contribution in [1.29, 1.82) is 0 Å². The number of anilines is 2. The summed E-state index contributed by atoms with van der Waals surface area (Å²) in [5.41, 5.74) is -0.627. The van der Waals surface area contributed by atoms with Crippen LogP contribution in [-0.2, 0) is 26.0 Å². The lowest BCUT2D eigenvalue weighted by Crippen LogP contribution is -2.59. The fourth-order valence-corrected chi connectivity index (χ4v) is 8.28. The summed E-state index contributed by atoms with van der Waals surface area (Å²) in [5.74, 6) is -2.58. The lowest BCUT2D eigenvalue weighted by atomic mass is 9.90. The molecule has 14 nitrogen and oxygen atoms in total. The third-order valence-electron chi connectivity index (χ3n) is 9.46. The van der Waals surface area contributed by atoms with Crippen molar-refractivity contribution in [3.05, 3.63) is 66.1 Å². The third-order valence-corrected chi connectivity index (χ3v) is 11.5. The molecule has 0 atom stereocenters. The van der Waals surface area contributed by atoms with Crippen molar-refractivity contribution in [3.8, 4) is 17.0 Å². The molecule has 2 fully saturated rings. The summed E-state index contributed by atoms with van der Waals surface area (Å²) < 4.78 is 70.4. The van der Waals surface area contributed by atoms with E-state index < -0.39 is 44.9 Å². The summed E-state index contributed by atoms with van der Waals surface area (Å²) in [5, 5.41) is 14.4. The average molecular weight is 756 g/mol.